The van der Waals surface area contributed by atoms with Gasteiger partial charge in [0.1, 0.15) is 10.7 Å². The fraction of sp³-hybridized carbons (Fsp3) is 0.545. The Bertz CT molecular complexity index is 689. The zero-order valence-electron chi connectivity index (χ0n) is 11.8. The monoisotopic (exact) mass is 355 g/mol. The molecule has 0 spiro atoms. The highest BCUT2D eigenvalue weighted by molar-refractivity contribution is 7.91. The minimum Gasteiger partial charge on any atom is -0.369 e. The average Bonchev–Trinajstić information content (AvgIpc) is 2.40. The molecule has 0 saturated carbocycles. The third-order valence-electron chi connectivity index (χ3n) is 2.62. The van der Waals surface area contributed by atoms with Crippen molar-refractivity contribution >= 4 is 37.3 Å². The van der Waals surface area contributed by atoms with Crippen molar-refractivity contribution in [1.82, 2.24) is 9.71 Å². The lowest BCUT2D eigenvalue weighted by molar-refractivity contribution is 0.581. The van der Waals surface area contributed by atoms with Crippen LogP contribution in [0.4, 0.5) is 5.82 Å². The predicted octanol–water partition coefficient (Wildman–Crippen LogP) is 0.880. The number of anilines is 1. The second-order valence-electron chi connectivity index (χ2n) is 4.17. The van der Waals surface area contributed by atoms with Gasteiger partial charge in [-0.1, -0.05) is 18.5 Å². The Labute approximate surface area is 130 Å². The maximum atomic E-state index is 12.0. The van der Waals surface area contributed by atoms with E-state index in [-0.39, 0.29) is 28.0 Å². The first kappa shape index (κ1) is 18.1. The van der Waals surface area contributed by atoms with Crippen molar-refractivity contribution in [2.45, 2.75) is 18.7 Å². The van der Waals surface area contributed by atoms with Crippen molar-refractivity contribution in [3.8, 4) is 0 Å². The minimum atomic E-state index is -3.83. The van der Waals surface area contributed by atoms with Crippen LogP contribution < -0.4 is 10.0 Å². The zero-order chi connectivity index (χ0) is 16.1. The zero-order valence-corrected chi connectivity index (χ0v) is 14.1. The summed E-state index contributed by atoms with van der Waals surface area (Å²) in [7, 11) is -7.06. The molecule has 0 bridgehead atoms. The molecular formula is C11H18ClN3O4S2. The summed E-state index contributed by atoms with van der Waals surface area (Å²) < 4.78 is 48.9. The number of hydrogen-bond donors (Lipinski definition) is 2. The number of aromatic nitrogens is 1. The maximum absolute atomic E-state index is 12.0. The SMILES string of the molecule is CCNc1ncc(S(=O)(=O)NCCS(=O)(=O)CC)cc1Cl. The Morgan fingerprint density at radius 2 is 1.90 bits per heavy atom. The highest BCUT2D eigenvalue weighted by atomic mass is 35.5. The molecule has 0 atom stereocenters. The summed E-state index contributed by atoms with van der Waals surface area (Å²) in [6.07, 6.45) is 1.17. The molecule has 1 aromatic heterocycles. The van der Waals surface area contributed by atoms with Gasteiger partial charge in [-0.05, 0) is 13.0 Å². The number of halogens is 1. The molecule has 0 amide bonds. The topological polar surface area (TPSA) is 105 Å². The molecule has 0 saturated heterocycles. The normalized spacial score (nSPS) is 12.3. The van der Waals surface area contributed by atoms with Crippen LogP contribution in [-0.4, -0.2) is 46.4 Å². The maximum Gasteiger partial charge on any atom is 0.242 e. The number of rotatable bonds is 8. The van der Waals surface area contributed by atoms with E-state index in [1.807, 2.05) is 6.92 Å². The Balaban J connectivity index is 2.81. The molecule has 7 nitrogen and oxygen atoms in total. The summed E-state index contributed by atoms with van der Waals surface area (Å²) in [4.78, 5) is 3.82. The van der Waals surface area contributed by atoms with E-state index < -0.39 is 19.9 Å². The smallest absolute Gasteiger partial charge is 0.242 e. The first-order valence-corrected chi connectivity index (χ1v) is 9.99. The van der Waals surface area contributed by atoms with Crippen LogP contribution in [0.2, 0.25) is 5.02 Å². The molecule has 1 heterocycles. The summed E-state index contributed by atoms with van der Waals surface area (Å²) in [5.74, 6) is 0.116. The van der Waals surface area contributed by atoms with Gasteiger partial charge in [0, 0.05) is 25.0 Å². The molecule has 0 aliphatic rings. The number of nitrogens with zero attached hydrogens (tertiary/aromatic N) is 1. The lowest BCUT2D eigenvalue weighted by Crippen LogP contribution is -2.29. The van der Waals surface area contributed by atoms with Crippen LogP contribution in [0.15, 0.2) is 17.2 Å². The molecule has 0 aliphatic carbocycles. The third-order valence-corrected chi connectivity index (χ3v) is 6.04. The summed E-state index contributed by atoms with van der Waals surface area (Å²) in [5.41, 5.74) is 0. The Morgan fingerprint density at radius 1 is 1.24 bits per heavy atom. The molecule has 120 valence electrons. The molecular weight excluding hydrogens is 338 g/mol. The van der Waals surface area contributed by atoms with E-state index in [2.05, 4.69) is 15.0 Å². The van der Waals surface area contributed by atoms with Crippen LogP contribution in [0.1, 0.15) is 13.8 Å². The first-order chi connectivity index (χ1) is 9.72. The quantitative estimate of drug-likeness (QED) is 0.717. The molecule has 0 radical (unpaired) electrons. The summed E-state index contributed by atoms with van der Waals surface area (Å²) >= 11 is 5.93. The van der Waals surface area contributed by atoms with Crippen LogP contribution in [0.5, 0.6) is 0 Å². The van der Waals surface area contributed by atoms with E-state index in [0.29, 0.717) is 12.4 Å². The summed E-state index contributed by atoms with van der Waals surface area (Å²) in [6.45, 7) is 3.78. The van der Waals surface area contributed by atoms with Crippen LogP contribution in [0.25, 0.3) is 0 Å². The highest BCUT2D eigenvalue weighted by Gasteiger charge is 2.17. The van der Waals surface area contributed by atoms with Crippen molar-refractivity contribution in [2.75, 3.05) is 29.9 Å². The van der Waals surface area contributed by atoms with Gasteiger partial charge in [-0.15, -0.1) is 0 Å². The van der Waals surface area contributed by atoms with Crippen LogP contribution in [0.3, 0.4) is 0 Å². The van der Waals surface area contributed by atoms with Crippen molar-refractivity contribution in [2.24, 2.45) is 0 Å². The predicted molar refractivity (Wildman–Crippen MR) is 82.9 cm³/mol. The minimum absolute atomic E-state index is 0.0283. The van der Waals surface area contributed by atoms with E-state index >= 15 is 0 Å². The fourth-order valence-electron chi connectivity index (χ4n) is 1.42. The average molecular weight is 356 g/mol. The lowest BCUT2D eigenvalue weighted by Gasteiger charge is -2.09. The number of hydrogen-bond acceptors (Lipinski definition) is 6. The van der Waals surface area contributed by atoms with Gasteiger partial charge in [-0.2, -0.15) is 0 Å². The van der Waals surface area contributed by atoms with Gasteiger partial charge in [0.2, 0.25) is 10.0 Å². The Morgan fingerprint density at radius 3 is 2.43 bits per heavy atom. The van der Waals surface area contributed by atoms with Gasteiger partial charge in [0.15, 0.2) is 9.84 Å². The molecule has 10 heteroatoms. The highest BCUT2D eigenvalue weighted by Crippen LogP contribution is 2.22. The van der Waals surface area contributed by atoms with Crippen LogP contribution in [-0.2, 0) is 19.9 Å². The molecule has 21 heavy (non-hydrogen) atoms. The molecule has 1 rings (SSSR count). The molecule has 0 aromatic carbocycles. The van der Waals surface area contributed by atoms with Gasteiger partial charge < -0.3 is 5.32 Å². The molecule has 2 N–H and O–H groups in total. The van der Waals surface area contributed by atoms with E-state index in [9.17, 15) is 16.8 Å². The number of pyridine rings is 1. The first-order valence-electron chi connectivity index (χ1n) is 6.31. The van der Waals surface area contributed by atoms with Gasteiger partial charge >= 0.3 is 0 Å². The fourth-order valence-corrected chi connectivity index (χ4v) is 3.55. The van der Waals surface area contributed by atoms with Crippen molar-refractivity contribution < 1.29 is 16.8 Å². The summed E-state index contributed by atoms with van der Waals surface area (Å²) in [6, 6.07) is 1.27. The molecule has 0 unspecified atom stereocenters. The van der Waals surface area contributed by atoms with E-state index in [0.717, 1.165) is 0 Å². The lowest BCUT2D eigenvalue weighted by atomic mass is 10.4. The number of nitrogens with one attached hydrogen (secondary N) is 2. The van der Waals surface area contributed by atoms with Gasteiger partial charge in [0.05, 0.1) is 10.8 Å². The van der Waals surface area contributed by atoms with Crippen molar-refractivity contribution in [1.29, 1.82) is 0 Å². The molecule has 0 aliphatic heterocycles. The second kappa shape index (κ2) is 7.39. The Kier molecular flexibility index (Phi) is 6.39. The molecule has 0 fully saturated rings. The van der Waals surface area contributed by atoms with Crippen molar-refractivity contribution in [3.05, 3.63) is 17.3 Å². The number of sulfonamides is 1. The standard InChI is InChI=1S/C11H18ClN3O4S2/c1-3-13-11-10(12)7-9(8-14-11)21(18,19)15-5-6-20(16,17)4-2/h7-8,15H,3-6H2,1-2H3,(H,13,14). The summed E-state index contributed by atoms with van der Waals surface area (Å²) in [5, 5.41) is 3.07. The molecule has 1 aromatic rings. The van der Waals surface area contributed by atoms with Crippen LogP contribution in [0, 0.1) is 0 Å². The van der Waals surface area contributed by atoms with Gasteiger partial charge in [-0.3, -0.25) is 0 Å². The van der Waals surface area contributed by atoms with E-state index in [1.165, 1.54) is 19.2 Å². The van der Waals surface area contributed by atoms with E-state index in [4.69, 9.17) is 11.6 Å². The van der Waals surface area contributed by atoms with E-state index in [1.54, 1.807) is 0 Å². The second-order valence-corrected chi connectivity index (χ2v) is 8.81. The van der Waals surface area contributed by atoms with Gasteiger partial charge in [0.25, 0.3) is 0 Å². The largest absolute Gasteiger partial charge is 0.369 e. The van der Waals surface area contributed by atoms with Gasteiger partial charge in [-0.25, -0.2) is 26.5 Å². The van der Waals surface area contributed by atoms with Crippen molar-refractivity contribution in [3.63, 3.8) is 0 Å². The van der Waals surface area contributed by atoms with Crippen LogP contribution >= 0.6 is 11.6 Å². The third kappa shape index (κ3) is 5.42. The number of sulfone groups is 1. The Hall–Kier alpha value is -0.900.